The first-order valence-electron chi connectivity index (χ1n) is 6.85. The van der Waals surface area contributed by atoms with Gasteiger partial charge in [-0.05, 0) is 35.2 Å². The number of carbonyl (C=O) groups excluding carboxylic acids is 1. The number of amides is 1. The van der Waals surface area contributed by atoms with Gasteiger partial charge in [0.1, 0.15) is 0 Å². The van der Waals surface area contributed by atoms with Crippen LogP contribution in [0.4, 0.5) is 5.69 Å². The number of rotatable bonds is 2. The summed E-state index contributed by atoms with van der Waals surface area (Å²) in [6.07, 6.45) is 0. The Balaban J connectivity index is 2.29. The molecule has 2 aromatic rings. The lowest BCUT2D eigenvalue weighted by Gasteiger charge is -2.21. The molecule has 0 saturated heterocycles. The van der Waals surface area contributed by atoms with Crippen molar-refractivity contribution in [3.05, 3.63) is 61.0 Å². The summed E-state index contributed by atoms with van der Waals surface area (Å²) in [5.74, 6) is -0.272. The van der Waals surface area contributed by atoms with E-state index >= 15 is 0 Å². The zero-order chi connectivity index (χ0) is 17.4. The van der Waals surface area contributed by atoms with Crippen molar-refractivity contribution in [2.45, 2.75) is 26.2 Å². The second kappa shape index (κ2) is 7.02. The van der Waals surface area contributed by atoms with Gasteiger partial charge in [0.05, 0.1) is 20.8 Å². The maximum Gasteiger partial charge on any atom is 0.255 e. The zero-order valence-corrected chi connectivity index (χ0v) is 16.7. The van der Waals surface area contributed by atoms with Crippen molar-refractivity contribution in [3.63, 3.8) is 0 Å². The average Bonchev–Trinajstić information content (AvgIpc) is 2.43. The lowest BCUT2D eigenvalue weighted by atomic mass is 9.86. The van der Waals surface area contributed by atoms with E-state index in [0.29, 0.717) is 26.3 Å². The third-order valence-corrected chi connectivity index (χ3v) is 4.99. The Hall–Kier alpha value is -0.740. The molecule has 0 heterocycles. The van der Waals surface area contributed by atoms with E-state index in [2.05, 4.69) is 42.0 Å². The van der Waals surface area contributed by atoms with Gasteiger partial charge in [0.25, 0.3) is 5.91 Å². The van der Waals surface area contributed by atoms with Gasteiger partial charge >= 0.3 is 0 Å². The van der Waals surface area contributed by atoms with Crippen LogP contribution in [0.15, 0.2) is 34.8 Å². The summed E-state index contributed by atoms with van der Waals surface area (Å²) in [6, 6.07) is 8.55. The molecule has 1 N–H and O–H groups in total. The van der Waals surface area contributed by atoms with Crippen LogP contribution in [0.2, 0.25) is 15.1 Å². The van der Waals surface area contributed by atoms with Crippen LogP contribution >= 0.6 is 50.7 Å². The normalized spacial score (nSPS) is 11.4. The molecule has 0 radical (unpaired) electrons. The van der Waals surface area contributed by atoms with E-state index in [1.54, 1.807) is 12.1 Å². The van der Waals surface area contributed by atoms with Crippen molar-refractivity contribution in [2.75, 3.05) is 5.32 Å². The minimum atomic E-state index is -0.272. The molecule has 0 aromatic heterocycles. The summed E-state index contributed by atoms with van der Waals surface area (Å²) in [6.45, 7) is 6.34. The first-order chi connectivity index (χ1) is 10.6. The van der Waals surface area contributed by atoms with Crippen LogP contribution in [0.3, 0.4) is 0 Å². The first-order valence-corrected chi connectivity index (χ1v) is 8.78. The van der Waals surface area contributed by atoms with E-state index in [-0.39, 0.29) is 11.3 Å². The molecule has 122 valence electrons. The average molecular weight is 436 g/mol. The highest BCUT2D eigenvalue weighted by molar-refractivity contribution is 9.10. The van der Waals surface area contributed by atoms with Crippen LogP contribution < -0.4 is 5.32 Å². The molecule has 0 saturated carbocycles. The van der Waals surface area contributed by atoms with Gasteiger partial charge in [-0.15, -0.1) is 0 Å². The molecule has 0 aliphatic heterocycles. The van der Waals surface area contributed by atoms with Gasteiger partial charge in [0.15, 0.2) is 0 Å². The van der Waals surface area contributed by atoms with E-state index in [4.69, 9.17) is 34.8 Å². The fourth-order valence-electron chi connectivity index (χ4n) is 2.08. The van der Waals surface area contributed by atoms with E-state index in [1.165, 1.54) is 12.1 Å². The Morgan fingerprint density at radius 2 is 1.61 bits per heavy atom. The van der Waals surface area contributed by atoms with Gasteiger partial charge in [0.2, 0.25) is 0 Å². The molecule has 0 unspecified atom stereocenters. The molecule has 23 heavy (non-hydrogen) atoms. The Morgan fingerprint density at radius 1 is 1.00 bits per heavy atom. The Bertz CT molecular complexity index is 769. The van der Waals surface area contributed by atoms with Crippen molar-refractivity contribution in [1.29, 1.82) is 0 Å². The molecule has 0 spiro atoms. The van der Waals surface area contributed by atoms with Gasteiger partial charge in [-0.1, -0.05) is 77.6 Å². The number of anilines is 1. The topological polar surface area (TPSA) is 29.1 Å². The highest BCUT2D eigenvalue weighted by Crippen LogP contribution is 2.33. The molecule has 0 atom stereocenters. The van der Waals surface area contributed by atoms with Gasteiger partial charge in [-0.25, -0.2) is 0 Å². The summed E-state index contributed by atoms with van der Waals surface area (Å²) in [5, 5.41) is 3.75. The summed E-state index contributed by atoms with van der Waals surface area (Å²) in [4.78, 5) is 12.4. The minimum Gasteiger partial charge on any atom is -0.321 e. The maximum atomic E-state index is 12.4. The van der Waals surface area contributed by atoms with Crippen LogP contribution in [0.5, 0.6) is 0 Å². The molecule has 2 nitrogen and oxygen atoms in total. The Morgan fingerprint density at radius 3 is 2.17 bits per heavy atom. The first kappa shape index (κ1) is 18.6. The highest BCUT2D eigenvalue weighted by atomic mass is 79.9. The van der Waals surface area contributed by atoms with Crippen LogP contribution in [-0.2, 0) is 5.41 Å². The van der Waals surface area contributed by atoms with Crippen molar-refractivity contribution in [2.24, 2.45) is 0 Å². The molecular weight excluding hydrogens is 420 g/mol. The molecular formula is C17H15BrCl3NO. The monoisotopic (exact) mass is 433 g/mol. The Labute approximate surface area is 159 Å². The van der Waals surface area contributed by atoms with E-state index in [9.17, 15) is 4.79 Å². The molecule has 6 heteroatoms. The second-order valence-electron chi connectivity index (χ2n) is 6.14. The third kappa shape index (κ3) is 4.42. The van der Waals surface area contributed by atoms with Gasteiger partial charge in [-0.2, -0.15) is 0 Å². The van der Waals surface area contributed by atoms with Crippen molar-refractivity contribution >= 4 is 62.3 Å². The number of carbonyl (C=O) groups is 1. The van der Waals surface area contributed by atoms with Crippen molar-refractivity contribution in [3.8, 4) is 0 Å². The quantitative estimate of drug-likeness (QED) is 0.508. The molecule has 0 bridgehead atoms. The number of nitrogens with one attached hydrogen (secondary N) is 1. The number of hydrogen-bond acceptors (Lipinski definition) is 1. The van der Waals surface area contributed by atoms with E-state index in [0.717, 1.165) is 10.0 Å². The third-order valence-electron chi connectivity index (χ3n) is 3.30. The standard InChI is InChI=1S/C17H15BrCl3NO/c1-17(2,3)10-5-4-9(6-11(10)18)16(23)22-15-8-13(20)12(19)7-14(15)21/h4-8H,1-3H3,(H,22,23). The van der Waals surface area contributed by atoms with Gasteiger partial charge in [-0.3, -0.25) is 4.79 Å². The molecule has 2 aromatic carbocycles. The SMILES string of the molecule is CC(C)(C)c1ccc(C(=O)Nc2cc(Cl)c(Cl)cc2Cl)cc1Br. The van der Waals surface area contributed by atoms with Crippen LogP contribution in [0, 0.1) is 0 Å². The molecule has 0 fully saturated rings. The molecule has 1 amide bonds. The molecule has 0 aliphatic rings. The van der Waals surface area contributed by atoms with Crippen molar-refractivity contribution in [1.82, 2.24) is 0 Å². The van der Waals surface area contributed by atoms with Crippen LogP contribution in [-0.4, -0.2) is 5.91 Å². The smallest absolute Gasteiger partial charge is 0.255 e. The largest absolute Gasteiger partial charge is 0.321 e. The summed E-state index contributed by atoms with van der Waals surface area (Å²) in [5.41, 5.74) is 2.05. The fraction of sp³-hybridized carbons (Fsp3) is 0.235. The van der Waals surface area contributed by atoms with Crippen LogP contribution in [0.1, 0.15) is 36.7 Å². The lowest BCUT2D eigenvalue weighted by molar-refractivity contribution is 0.102. The highest BCUT2D eigenvalue weighted by Gasteiger charge is 2.19. The minimum absolute atomic E-state index is 0.0130. The van der Waals surface area contributed by atoms with Crippen LogP contribution in [0.25, 0.3) is 0 Å². The number of hydrogen-bond donors (Lipinski definition) is 1. The van der Waals surface area contributed by atoms with E-state index in [1.807, 2.05) is 6.07 Å². The molecule has 2 rings (SSSR count). The van der Waals surface area contributed by atoms with Gasteiger partial charge < -0.3 is 5.32 Å². The van der Waals surface area contributed by atoms with Gasteiger partial charge in [0, 0.05) is 10.0 Å². The predicted octanol–water partition coefficient (Wildman–Crippen LogP) is 6.96. The maximum absolute atomic E-state index is 12.4. The van der Waals surface area contributed by atoms with E-state index < -0.39 is 0 Å². The summed E-state index contributed by atoms with van der Waals surface area (Å²) < 4.78 is 0.887. The summed E-state index contributed by atoms with van der Waals surface area (Å²) >= 11 is 21.5. The number of halogens is 4. The summed E-state index contributed by atoms with van der Waals surface area (Å²) in [7, 11) is 0. The fourth-order valence-corrected chi connectivity index (χ4v) is 3.65. The predicted molar refractivity (Wildman–Crippen MR) is 102 cm³/mol. The molecule has 0 aliphatic carbocycles. The lowest BCUT2D eigenvalue weighted by Crippen LogP contribution is -2.15. The number of benzene rings is 2. The zero-order valence-electron chi connectivity index (χ0n) is 12.8. The Kier molecular flexibility index (Phi) is 5.68. The second-order valence-corrected chi connectivity index (χ2v) is 8.22. The van der Waals surface area contributed by atoms with Crippen molar-refractivity contribution < 1.29 is 4.79 Å².